The van der Waals surface area contributed by atoms with Crippen LogP contribution in [0.3, 0.4) is 0 Å². The molecule has 172 valence electrons. The first-order valence-electron chi connectivity index (χ1n) is 11.3. The minimum Gasteiger partial charge on any atom is -0.497 e. The van der Waals surface area contributed by atoms with Gasteiger partial charge in [0, 0.05) is 25.2 Å². The highest BCUT2D eigenvalue weighted by molar-refractivity contribution is 7.89. The van der Waals surface area contributed by atoms with Crippen molar-refractivity contribution in [2.75, 3.05) is 39.8 Å². The predicted octanol–water partition coefficient (Wildman–Crippen LogP) is 3.05. The van der Waals surface area contributed by atoms with E-state index in [-0.39, 0.29) is 16.8 Å². The maximum atomic E-state index is 12.8. The molecule has 0 aromatic heterocycles. The van der Waals surface area contributed by atoms with Gasteiger partial charge in [0.2, 0.25) is 10.0 Å². The molecule has 1 amide bonds. The number of nitrogens with one attached hydrogen (secondary N) is 1. The summed E-state index contributed by atoms with van der Waals surface area (Å²) in [7, 11) is -1.83. The highest BCUT2D eigenvalue weighted by Gasteiger charge is 2.27. The summed E-state index contributed by atoms with van der Waals surface area (Å²) < 4.78 is 32.2. The van der Waals surface area contributed by atoms with Crippen molar-refractivity contribution in [3.63, 3.8) is 0 Å². The Labute approximate surface area is 190 Å². The molecule has 4 rings (SSSR count). The van der Waals surface area contributed by atoms with E-state index in [0.29, 0.717) is 25.2 Å². The molecule has 2 fully saturated rings. The van der Waals surface area contributed by atoms with Crippen molar-refractivity contribution in [3.8, 4) is 5.75 Å². The summed E-state index contributed by atoms with van der Waals surface area (Å²) in [6.45, 7) is 3.63. The summed E-state index contributed by atoms with van der Waals surface area (Å²) in [4.78, 5) is 15.4. The van der Waals surface area contributed by atoms with Gasteiger partial charge in [0.1, 0.15) is 5.75 Å². The highest BCUT2D eigenvalue weighted by atomic mass is 32.2. The van der Waals surface area contributed by atoms with Crippen LogP contribution >= 0.6 is 0 Å². The smallest absolute Gasteiger partial charge is 0.251 e. The third kappa shape index (κ3) is 4.98. The maximum absolute atomic E-state index is 12.8. The molecule has 7 nitrogen and oxygen atoms in total. The number of hydrogen-bond donors (Lipinski definition) is 1. The van der Waals surface area contributed by atoms with E-state index in [2.05, 4.69) is 10.2 Å². The lowest BCUT2D eigenvalue weighted by Crippen LogP contribution is -2.36. The standard InChI is InChI=1S/C24H31N3O4S/c1-31-21-10-6-19(7-11-21)23(26-14-2-3-15-26)18-25-24(28)20-8-12-22(13-9-20)32(29,30)27-16-4-5-17-27/h6-13,23H,2-5,14-18H2,1H3,(H,25,28)/t23-/m0/s1. The Morgan fingerprint density at radius 1 is 0.938 bits per heavy atom. The van der Waals surface area contributed by atoms with Crippen molar-refractivity contribution in [1.29, 1.82) is 0 Å². The average molecular weight is 458 g/mol. The fourth-order valence-corrected chi connectivity index (χ4v) is 6.00. The molecule has 0 aliphatic carbocycles. The Hall–Kier alpha value is -2.42. The van der Waals surface area contributed by atoms with Gasteiger partial charge >= 0.3 is 0 Å². The van der Waals surface area contributed by atoms with Crippen LogP contribution in [0.2, 0.25) is 0 Å². The largest absolute Gasteiger partial charge is 0.497 e. The summed E-state index contributed by atoms with van der Waals surface area (Å²) in [6, 6.07) is 14.3. The normalized spacial score (nSPS) is 18.5. The predicted molar refractivity (Wildman–Crippen MR) is 123 cm³/mol. The quantitative estimate of drug-likeness (QED) is 0.659. The molecule has 0 radical (unpaired) electrons. The van der Waals surface area contributed by atoms with Crippen LogP contribution in [0.5, 0.6) is 5.75 Å². The Kier molecular flexibility index (Phi) is 7.13. The second kappa shape index (κ2) is 10.0. The number of likely N-dealkylation sites (tertiary alicyclic amines) is 1. The molecule has 2 heterocycles. The molecule has 0 bridgehead atoms. The van der Waals surface area contributed by atoms with E-state index in [9.17, 15) is 13.2 Å². The van der Waals surface area contributed by atoms with Crippen LogP contribution in [0.25, 0.3) is 0 Å². The van der Waals surface area contributed by atoms with Crippen molar-refractivity contribution in [3.05, 3.63) is 59.7 Å². The number of nitrogens with zero attached hydrogens (tertiary/aromatic N) is 2. The van der Waals surface area contributed by atoms with Crippen LogP contribution in [0.1, 0.15) is 47.6 Å². The molecule has 0 saturated carbocycles. The summed E-state index contributed by atoms with van der Waals surface area (Å²) in [6.07, 6.45) is 4.11. The monoisotopic (exact) mass is 457 g/mol. The number of amides is 1. The van der Waals surface area contributed by atoms with Gasteiger partial charge in [-0.05, 0) is 80.7 Å². The lowest BCUT2D eigenvalue weighted by atomic mass is 10.0. The first-order valence-corrected chi connectivity index (χ1v) is 12.7. The van der Waals surface area contributed by atoms with Gasteiger partial charge in [-0.1, -0.05) is 12.1 Å². The number of carbonyl (C=O) groups excluding carboxylic acids is 1. The Morgan fingerprint density at radius 3 is 2.12 bits per heavy atom. The van der Waals surface area contributed by atoms with E-state index in [0.717, 1.165) is 50.1 Å². The molecular weight excluding hydrogens is 426 g/mol. The number of rotatable bonds is 8. The molecule has 0 spiro atoms. The van der Waals surface area contributed by atoms with Gasteiger partial charge in [-0.15, -0.1) is 0 Å². The van der Waals surface area contributed by atoms with Crippen LogP contribution in [-0.2, 0) is 10.0 Å². The third-order valence-corrected chi connectivity index (χ3v) is 8.27. The molecule has 1 atom stereocenters. The van der Waals surface area contributed by atoms with Gasteiger partial charge in [-0.3, -0.25) is 9.69 Å². The van der Waals surface area contributed by atoms with Crippen molar-refractivity contribution in [2.24, 2.45) is 0 Å². The second-order valence-electron chi connectivity index (χ2n) is 8.38. The van der Waals surface area contributed by atoms with Gasteiger partial charge in [-0.2, -0.15) is 4.31 Å². The van der Waals surface area contributed by atoms with Crippen LogP contribution in [0, 0.1) is 0 Å². The van der Waals surface area contributed by atoms with Crippen molar-refractivity contribution in [1.82, 2.24) is 14.5 Å². The average Bonchev–Trinajstić information content (AvgIpc) is 3.55. The summed E-state index contributed by atoms with van der Waals surface area (Å²) >= 11 is 0. The van der Waals surface area contributed by atoms with Gasteiger partial charge in [0.15, 0.2) is 0 Å². The Morgan fingerprint density at radius 2 is 1.53 bits per heavy atom. The lowest BCUT2D eigenvalue weighted by Gasteiger charge is -2.28. The number of sulfonamides is 1. The minimum absolute atomic E-state index is 0.0853. The lowest BCUT2D eigenvalue weighted by molar-refractivity contribution is 0.0937. The van der Waals surface area contributed by atoms with E-state index >= 15 is 0 Å². The summed E-state index contributed by atoms with van der Waals surface area (Å²) in [5.41, 5.74) is 1.60. The first-order chi connectivity index (χ1) is 15.5. The highest BCUT2D eigenvalue weighted by Crippen LogP contribution is 2.26. The molecule has 0 unspecified atom stereocenters. The number of carbonyl (C=O) groups is 1. The molecule has 1 N–H and O–H groups in total. The Bertz CT molecular complexity index is 1010. The fourth-order valence-electron chi connectivity index (χ4n) is 4.48. The summed E-state index contributed by atoms with van der Waals surface area (Å²) in [5, 5.41) is 3.04. The SMILES string of the molecule is COc1ccc([C@H](CNC(=O)c2ccc(S(=O)(=O)N3CCCC3)cc2)N2CCCC2)cc1. The topological polar surface area (TPSA) is 78.9 Å². The molecule has 2 saturated heterocycles. The van der Waals surface area contributed by atoms with E-state index in [1.165, 1.54) is 16.4 Å². The third-order valence-electron chi connectivity index (χ3n) is 6.36. The molecule has 8 heteroatoms. The number of hydrogen-bond acceptors (Lipinski definition) is 5. The second-order valence-corrected chi connectivity index (χ2v) is 10.3. The van der Waals surface area contributed by atoms with E-state index < -0.39 is 10.0 Å². The van der Waals surface area contributed by atoms with Crippen molar-refractivity contribution in [2.45, 2.75) is 36.6 Å². The van der Waals surface area contributed by atoms with Gasteiger partial charge in [-0.25, -0.2) is 8.42 Å². The van der Waals surface area contributed by atoms with Crippen LogP contribution in [-0.4, -0.2) is 63.4 Å². The number of benzene rings is 2. The zero-order valence-corrected chi connectivity index (χ0v) is 19.3. The van der Waals surface area contributed by atoms with Gasteiger partial charge in [0.05, 0.1) is 18.0 Å². The fraction of sp³-hybridized carbons (Fsp3) is 0.458. The molecular formula is C24H31N3O4S. The molecule has 2 aromatic rings. The van der Waals surface area contributed by atoms with E-state index in [4.69, 9.17) is 4.74 Å². The van der Waals surface area contributed by atoms with Crippen molar-refractivity contribution < 1.29 is 17.9 Å². The van der Waals surface area contributed by atoms with Gasteiger partial charge in [0.25, 0.3) is 5.91 Å². The van der Waals surface area contributed by atoms with Crippen LogP contribution < -0.4 is 10.1 Å². The minimum atomic E-state index is -3.48. The van der Waals surface area contributed by atoms with E-state index in [1.807, 2.05) is 24.3 Å². The number of ether oxygens (including phenoxy) is 1. The van der Waals surface area contributed by atoms with Gasteiger partial charge < -0.3 is 10.1 Å². The zero-order chi connectivity index (χ0) is 22.6. The van der Waals surface area contributed by atoms with Crippen LogP contribution in [0.15, 0.2) is 53.4 Å². The molecule has 32 heavy (non-hydrogen) atoms. The van der Waals surface area contributed by atoms with E-state index in [1.54, 1.807) is 19.2 Å². The maximum Gasteiger partial charge on any atom is 0.251 e. The first kappa shape index (κ1) is 22.8. The Balaban J connectivity index is 1.43. The van der Waals surface area contributed by atoms with Crippen LogP contribution in [0.4, 0.5) is 0 Å². The molecule has 2 aliphatic heterocycles. The van der Waals surface area contributed by atoms with Crippen molar-refractivity contribution >= 4 is 15.9 Å². The molecule has 2 aliphatic rings. The summed E-state index contributed by atoms with van der Waals surface area (Å²) in [5.74, 6) is 0.606. The molecule has 2 aromatic carbocycles. The zero-order valence-electron chi connectivity index (χ0n) is 18.5. The number of methoxy groups -OCH3 is 1.